The minimum absolute atomic E-state index is 0.0716. The third-order valence-corrected chi connectivity index (χ3v) is 16.8. The third-order valence-electron chi connectivity index (χ3n) is 16.8. The molecule has 0 saturated heterocycles. The molecule has 486 valence electrons. The van der Waals surface area contributed by atoms with Gasteiger partial charge in [0.1, 0.15) is 13.2 Å². The summed E-state index contributed by atoms with van der Waals surface area (Å²) in [4.78, 5) is 38.4. The summed E-state index contributed by atoms with van der Waals surface area (Å²) in [5.74, 6) is -0.857. The Bertz CT molecular complexity index is 1430. The minimum Gasteiger partial charge on any atom is -0.462 e. The standard InChI is InChI=1S/C77H142O6/c1-4-7-10-13-16-19-22-25-28-30-32-33-34-35-36-37-38-39-40-41-42-43-44-45-46-48-49-52-55-58-61-64-67-70-76(79)82-73-74(72-81-75(78)69-66-63-60-57-54-51-27-24-21-18-15-12-9-6-3)83-77(80)71-68-65-62-59-56-53-50-47-31-29-26-23-20-17-14-11-8-5-2/h15,18,22,24-25,27,30,32,74H,4-14,16-17,19-21,23,26,28-29,31,33-73H2,1-3H3/b18-15-,25-22-,27-24-,32-30-. The lowest BCUT2D eigenvalue weighted by Gasteiger charge is -2.18. The van der Waals surface area contributed by atoms with Crippen molar-refractivity contribution in [1.82, 2.24) is 0 Å². The Hall–Kier alpha value is -2.63. The van der Waals surface area contributed by atoms with Gasteiger partial charge in [0.15, 0.2) is 6.10 Å². The van der Waals surface area contributed by atoms with Gasteiger partial charge in [0.2, 0.25) is 0 Å². The van der Waals surface area contributed by atoms with E-state index in [-0.39, 0.29) is 31.1 Å². The molecule has 6 nitrogen and oxygen atoms in total. The van der Waals surface area contributed by atoms with E-state index in [1.54, 1.807) is 0 Å². The van der Waals surface area contributed by atoms with Gasteiger partial charge in [-0.1, -0.05) is 358 Å². The molecule has 83 heavy (non-hydrogen) atoms. The monoisotopic (exact) mass is 1160 g/mol. The van der Waals surface area contributed by atoms with Gasteiger partial charge in [-0.05, 0) is 77.0 Å². The molecular weight excluding hydrogens is 1020 g/mol. The summed E-state index contributed by atoms with van der Waals surface area (Å²) in [6.45, 7) is 6.65. The van der Waals surface area contributed by atoms with Crippen molar-refractivity contribution in [3.05, 3.63) is 48.6 Å². The zero-order valence-corrected chi connectivity index (χ0v) is 56.0. The van der Waals surface area contributed by atoms with Gasteiger partial charge in [0.25, 0.3) is 0 Å². The first-order valence-electron chi connectivity index (χ1n) is 37.1. The van der Waals surface area contributed by atoms with Crippen molar-refractivity contribution in [1.29, 1.82) is 0 Å². The lowest BCUT2D eigenvalue weighted by atomic mass is 10.0. The highest BCUT2D eigenvalue weighted by atomic mass is 16.6. The van der Waals surface area contributed by atoms with E-state index >= 15 is 0 Å². The van der Waals surface area contributed by atoms with E-state index in [0.717, 1.165) is 83.5 Å². The zero-order valence-electron chi connectivity index (χ0n) is 56.0. The van der Waals surface area contributed by atoms with Crippen LogP contribution in [0.5, 0.6) is 0 Å². The Morgan fingerprint density at radius 1 is 0.241 bits per heavy atom. The number of esters is 3. The summed E-state index contributed by atoms with van der Waals surface area (Å²) in [6.07, 6.45) is 91.6. The van der Waals surface area contributed by atoms with Crippen molar-refractivity contribution in [2.75, 3.05) is 13.2 Å². The highest BCUT2D eigenvalue weighted by molar-refractivity contribution is 5.71. The Balaban J connectivity index is 4.14. The maximum absolute atomic E-state index is 12.9. The Morgan fingerprint density at radius 3 is 0.699 bits per heavy atom. The van der Waals surface area contributed by atoms with Crippen molar-refractivity contribution < 1.29 is 28.6 Å². The molecule has 0 aromatic heterocycles. The molecule has 0 aliphatic rings. The maximum atomic E-state index is 12.9. The number of rotatable bonds is 69. The normalized spacial score (nSPS) is 12.3. The molecule has 0 saturated carbocycles. The maximum Gasteiger partial charge on any atom is 0.306 e. The highest BCUT2D eigenvalue weighted by Gasteiger charge is 2.19. The Kier molecular flexibility index (Phi) is 69.6. The first kappa shape index (κ1) is 80.4. The van der Waals surface area contributed by atoms with Crippen LogP contribution in [-0.2, 0) is 28.6 Å². The molecular formula is C77H142O6. The molecule has 0 bridgehead atoms. The average molecular weight is 1160 g/mol. The zero-order chi connectivity index (χ0) is 59.9. The molecule has 0 aliphatic carbocycles. The molecule has 0 aromatic carbocycles. The first-order valence-corrected chi connectivity index (χ1v) is 37.1. The summed E-state index contributed by atoms with van der Waals surface area (Å²) in [5, 5.41) is 0. The van der Waals surface area contributed by atoms with Crippen molar-refractivity contribution in [3.8, 4) is 0 Å². The number of hydrogen-bond donors (Lipinski definition) is 0. The molecule has 0 aliphatic heterocycles. The second kappa shape index (κ2) is 71.8. The van der Waals surface area contributed by atoms with Gasteiger partial charge in [-0.25, -0.2) is 0 Å². The van der Waals surface area contributed by atoms with E-state index in [1.807, 2.05) is 0 Å². The molecule has 0 rings (SSSR count). The van der Waals surface area contributed by atoms with Gasteiger partial charge >= 0.3 is 17.9 Å². The second-order valence-corrected chi connectivity index (χ2v) is 25.2. The molecule has 1 unspecified atom stereocenters. The van der Waals surface area contributed by atoms with Gasteiger partial charge in [0, 0.05) is 19.3 Å². The quantitative estimate of drug-likeness (QED) is 0.0261. The van der Waals surface area contributed by atoms with Crippen LogP contribution in [0.1, 0.15) is 406 Å². The number of allylic oxidation sites excluding steroid dienone is 8. The van der Waals surface area contributed by atoms with Crippen molar-refractivity contribution in [2.45, 2.75) is 412 Å². The molecule has 1 atom stereocenters. The molecule has 0 amide bonds. The van der Waals surface area contributed by atoms with Crippen LogP contribution in [0.3, 0.4) is 0 Å². The molecule has 0 radical (unpaired) electrons. The summed E-state index contributed by atoms with van der Waals surface area (Å²) < 4.78 is 17.0. The average Bonchev–Trinajstić information content (AvgIpc) is 3.50. The summed E-state index contributed by atoms with van der Waals surface area (Å²) in [7, 11) is 0. The van der Waals surface area contributed by atoms with Gasteiger partial charge in [0.05, 0.1) is 0 Å². The van der Waals surface area contributed by atoms with E-state index in [0.29, 0.717) is 19.3 Å². The van der Waals surface area contributed by atoms with Crippen molar-refractivity contribution in [2.24, 2.45) is 0 Å². The first-order chi connectivity index (χ1) is 41.0. The minimum atomic E-state index is -0.776. The summed E-state index contributed by atoms with van der Waals surface area (Å²) >= 11 is 0. The van der Waals surface area contributed by atoms with Crippen molar-refractivity contribution >= 4 is 17.9 Å². The lowest BCUT2D eigenvalue weighted by molar-refractivity contribution is -0.167. The molecule has 0 heterocycles. The largest absolute Gasteiger partial charge is 0.462 e. The highest BCUT2D eigenvalue weighted by Crippen LogP contribution is 2.19. The number of hydrogen-bond acceptors (Lipinski definition) is 6. The van der Waals surface area contributed by atoms with Crippen LogP contribution in [0.15, 0.2) is 48.6 Å². The van der Waals surface area contributed by atoms with Crippen LogP contribution in [0.4, 0.5) is 0 Å². The number of carbonyl (C=O) groups is 3. The third kappa shape index (κ3) is 70.0. The van der Waals surface area contributed by atoms with Crippen LogP contribution >= 0.6 is 0 Å². The van der Waals surface area contributed by atoms with Gasteiger partial charge in [-0.2, -0.15) is 0 Å². The van der Waals surface area contributed by atoms with Crippen LogP contribution in [0, 0.1) is 0 Å². The Labute approximate surface area is 518 Å². The van der Waals surface area contributed by atoms with Gasteiger partial charge in [-0.3, -0.25) is 14.4 Å². The lowest BCUT2D eigenvalue weighted by Crippen LogP contribution is -2.30. The second-order valence-electron chi connectivity index (χ2n) is 25.2. The van der Waals surface area contributed by atoms with Gasteiger partial charge in [-0.15, -0.1) is 0 Å². The van der Waals surface area contributed by atoms with E-state index in [9.17, 15) is 14.4 Å². The topological polar surface area (TPSA) is 78.9 Å². The fourth-order valence-electron chi connectivity index (χ4n) is 11.2. The molecule has 0 N–H and O–H groups in total. The molecule has 6 heteroatoms. The fourth-order valence-corrected chi connectivity index (χ4v) is 11.2. The number of unbranched alkanes of at least 4 members (excludes halogenated alkanes) is 50. The summed E-state index contributed by atoms with van der Waals surface area (Å²) in [5.41, 5.74) is 0. The van der Waals surface area contributed by atoms with E-state index in [4.69, 9.17) is 14.2 Å². The van der Waals surface area contributed by atoms with Crippen molar-refractivity contribution in [3.63, 3.8) is 0 Å². The summed E-state index contributed by atoms with van der Waals surface area (Å²) in [6, 6.07) is 0. The van der Waals surface area contributed by atoms with E-state index in [1.165, 1.54) is 283 Å². The van der Waals surface area contributed by atoms with Crippen LogP contribution in [0.25, 0.3) is 0 Å². The number of ether oxygens (including phenoxy) is 3. The van der Waals surface area contributed by atoms with Crippen LogP contribution in [0.2, 0.25) is 0 Å². The molecule has 0 aromatic rings. The van der Waals surface area contributed by atoms with Gasteiger partial charge < -0.3 is 14.2 Å². The predicted octanol–water partition coefficient (Wildman–Crippen LogP) is 25.7. The molecule has 0 spiro atoms. The van der Waals surface area contributed by atoms with E-state index < -0.39 is 6.10 Å². The number of carbonyl (C=O) groups excluding carboxylic acids is 3. The van der Waals surface area contributed by atoms with E-state index in [2.05, 4.69) is 69.4 Å². The van der Waals surface area contributed by atoms with Crippen LogP contribution in [-0.4, -0.2) is 37.2 Å². The smallest absolute Gasteiger partial charge is 0.306 e. The fraction of sp³-hybridized carbons (Fsp3) is 0.857. The Morgan fingerprint density at radius 2 is 0.446 bits per heavy atom. The molecule has 0 fully saturated rings. The predicted molar refractivity (Wildman–Crippen MR) is 362 cm³/mol. The SMILES string of the molecule is CCCC/C=C\C/C=C\CCCCCCCC(=O)OCC(COC(=O)CCCCCCCCCCCCCCCCCCCCCCC/C=C\C/C=C\CCCCCCC)OC(=O)CCCCCCCCCCCCCCCCCCCC. The van der Waals surface area contributed by atoms with Crippen LogP contribution < -0.4 is 0 Å².